The largest absolute Gasteiger partial charge is 0.493 e. The molecule has 30 heavy (non-hydrogen) atoms. The molecule has 0 saturated heterocycles. The molecule has 0 fully saturated rings. The van der Waals surface area contributed by atoms with Gasteiger partial charge in [-0.3, -0.25) is 0 Å². The second kappa shape index (κ2) is 6.87. The summed E-state index contributed by atoms with van der Waals surface area (Å²) >= 11 is 0. The van der Waals surface area contributed by atoms with E-state index in [9.17, 15) is 0 Å². The number of ether oxygens (including phenoxy) is 4. The van der Waals surface area contributed by atoms with Crippen molar-refractivity contribution in [2.24, 2.45) is 0 Å². The highest BCUT2D eigenvalue weighted by molar-refractivity contribution is 5.69. The fourth-order valence-electron chi connectivity index (χ4n) is 4.84. The average molecular weight is 401 g/mol. The van der Waals surface area contributed by atoms with E-state index in [1.807, 2.05) is 18.2 Å². The monoisotopic (exact) mass is 401 g/mol. The molecule has 0 spiro atoms. The van der Waals surface area contributed by atoms with Crippen molar-refractivity contribution in [2.45, 2.75) is 25.5 Å². The normalized spacial score (nSPS) is 17.9. The minimum absolute atomic E-state index is 0.302. The lowest BCUT2D eigenvalue weighted by Crippen LogP contribution is -2.32. The maximum absolute atomic E-state index is 6.19. The van der Waals surface area contributed by atoms with E-state index >= 15 is 0 Å². The van der Waals surface area contributed by atoms with E-state index in [2.05, 4.69) is 41.3 Å². The minimum atomic E-state index is 0.302. The van der Waals surface area contributed by atoms with Crippen LogP contribution in [-0.4, -0.2) is 20.4 Å². The third-order valence-corrected chi connectivity index (χ3v) is 6.32. The molecule has 152 valence electrons. The fraction of sp³-hybridized carbons (Fsp3) is 0.280. The summed E-state index contributed by atoms with van der Waals surface area (Å²) in [7, 11) is 1.71. The second-order valence-electron chi connectivity index (χ2n) is 7.97. The van der Waals surface area contributed by atoms with Crippen LogP contribution in [0.5, 0.6) is 23.0 Å². The molecule has 0 N–H and O–H groups in total. The van der Waals surface area contributed by atoms with Crippen LogP contribution < -0.4 is 23.8 Å². The summed E-state index contributed by atoms with van der Waals surface area (Å²) in [6.45, 7) is 1.82. The van der Waals surface area contributed by atoms with Crippen molar-refractivity contribution < 1.29 is 18.9 Å². The van der Waals surface area contributed by atoms with Crippen molar-refractivity contribution in [3.8, 4) is 23.0 Å². The zero-order chi connectivity index (χ0) is 20.1. The van der Waals surface area contributed by atoms with Gasteiger partial charge in [0.1, 0.15) is 6.61 Å². The summed E-state index contributed by atoms with van der Waals surface area (Å²) in [5, 5.41) is 0. The van der Waals surface area contributed by atoms with Crippen molar-refractivity contribution in [3.05, 3.63) is 76.9 Å². The van der Waals surface area contributed by atoms with E-state index < -0.39 is 0 Å². The molecule has 6 rings (SSSR count). The molecule has 3 aromatic carbocycles. The van der Waals surface area contributed by atoms with Gasteiger partial charge in [-0.1, -0.05) is 30.3 Å². The van der Waals surface area contributed by atoms with Gasteiger partial charge in [-0.05, 0) is 53.3 Å². The number of anilines is 1. The molecule has 3 aromatic rings. The van der Waals surface area contributed by atoms with Gasteiger partial charge in [0.15, 0.2) is 23.0 Å². The number of benzene rings is 3. The highest BCUT2D eigenvalue weighted by Crippen LogP contribution is 2.50. The van der Waals surface area contributed by atoms with Crippen molar-refractivity contribution in [2.75, 3.05) is 25.3 Å². The topological polar surface area (TPSA) is 40.2 Å². The fourth-order valence-corrected chi connectivity index (χ4v) is 4.84. The first-order valence-electron chi connectivity index (χ1n) is 10.4. The van der Waals surface area contributed by atoms with E-state index in [0.29, 0.717) is 19.4 Å². The van der Waals surface area contributed by atoms with E-state index in [1.165, 1.54) is 22.4 Å². The second-order valence-corrected chi connectivity index (χ2v) is 7.97. The van der Waals surface area contributed by atoms with Crippen molar-refractivity contribution in [1.29, 1.82) is 0 Å². The lowest BCUT2D eigenvalue weighted by atomic mass is 9.91. The summed E-state index contributed by atoms with van der Waals surface area (Å²) < 4.78 is 23.0. The average Bonchev–Trinajstić information content (AvgIpc) is 3.39. The van der Waals surface area contributed by atoms with Crippen LogP contribution in [0.2, 0.25) is 0 Å². The summed E-state index contributed by atoms with van der Waals surface area (Å²) in [6, 6.07) is 19.1. The van der Waals surface area contributed by atoms with Gasteiger partial charge in [-0.2, -0.15) is 0 Å². The molecule has 3 heterocycles. The lowest BCUT2D eigenvalue weighted by Gasteiger charge is -2.34. The van der Waals surface area contributed by atoms with Crippen LogP contribution in [0.4, 0.5) is 5.69 Å². The summed E-state index contributed by atoms with van der Waals surface area (Å²) in [5.74, 6) is 3.30. The summed E-state index contributed by atoms with van der Waals surface area (Å²) in [6.07, 6.45) is 1.94. The number of rotatable bonds is 4. The highest BCUT2D eigenvalue weighted by Gasteiger charge is 2.37. The van der Waals surface area contributed by atoms with Crippen LogP contribution in [0.1, 0.15) is 28.3 Å². The molecule has 5 nitrogen and oxygen atoms in total. The summed E-state index contributed by atoms with van der Waals surface area (Å²) in [5.41, 5.74) is 6.38. The van der Waals surface area contributed by atoms with Gasteiger partial charge in [0.05, 0.1) is 13.2 Å². The third kappa shape index (κ3) is 2.76. The third-order valence-electron chi connectivity index (χ3n) is 6.32. The summed E-state index contributed by atoms with van der Waals surface area (Å²) in [4.78, 5) is 2.49. The first-order chi connectivity index (χ1) is 14.8. The van der Waals surface area contributed by atoms with Crippen LogP contribution in [0.15, 0.2) is 54.6 Å². The quantitative estimate of drug-likeness (QED) is 0.636. The van der Waals surface area contributed by atoms with Gasteiger partial charge in [-0.15, -0.1) is 0 Å². The molecular formula is C25H23NO4. The predicted octanol–water partition coefficient (Wildman–Crippen LogP) is 4.66. The van der Waals surface area contributed by atoms with Crippen molar-refractivity contribution in [1.82, 2.24) is 0 Å². The maximum atomic E-state index is 6.19. The number of nitrogens with zero attached hydrogens (tertiary/aromatic N) is 1. The Bertz CT molecular complexity index is 1110. The van der Waals surface area contributed by atoms with Crippen molar-refractivity contribution >= 4 is 5.69 Å². The van der Waals surface area contributed by atoms with E-state index in [0.717, 1.165) is 47.9 Å². The minimum Gasteiger partial charge on any atom is -0.493 e. The molecule has 0 radical (unpaired) electrons. The zero-order valence-corrected chi connectivity index (χ0v) is 16.9. The van der Waals surface area contributed by atoms with Gasteiger partial charge in [0.25, 0.3) is 0 Å². The SMILES string of the molecule is COc1cc2c(cc1OCc1ccccc1)C1Cc3cc4c(cc3N1CC2)OCO4. The Morgan fingerprint density at radius 1 is 0.967 bits per heavy atom. The molecule has 0 amide bonds. The number of fused-ring (bicyclic) bond motifs is 6. The standard InChI is InChI=1S/C25H23NO4/c1-27-22-10-17-7-8-26-20-13-25-23(29-15-30-25)11-18(20)9-21(26)19(17)12-24(22)28-14-16-5-3-2-4-6-16/h2-6,10-13,21H,7-9,14-15H2,1H3. The lowest BCUT2D eigenvalue weighted by molar-refractivity contribution is 0.174. The zero-order valence-electron chi connectivity index (χ0n) is 16.9. The molecule has 3 aliphatic heterocycles. The van der Waals surface area contributed by atoms with Crippen LogP contribution >= 0.6 is 0 Å². The van der Waals surface area contributed by atoms with Crippen LogP contribution in [0, 0.1) is 0 Å². The first kappa shape index (κ1) is 17.5. The molecule has 1 unspecified atom stereocenters. The highest BCUT2D eigenvalue weighted by atomic mass is 16.7. The molecule has 3 aliphatic rings. The Kier molecular flexibility index (Phi) is 4.01. The maximum Gasteiger partial charge on any atom is 0.231 e. The molecule has 1 atom stereocenters. The number of hydrogen-bond donors (Lipinski definition) is 0. The van der Waals surface area contributed by atoms with Gasteiger partial charge < -0.3 is 23.8 Å². The van der Waals surface area contributed by atoms with E-state index in [-0.39, 0.29) is 0 Å². The number of hydrogen-bond acceptors (Lipinski definition) is 5. The molecule has 0 saturated carbocycles. The van der Waals surface area contributed by atoms with Gasteiger partial charge in [0, 0.05) is 18.3 Å². The predicted molar refractivity (Wildman–Crippen MR) is 114 cm³/mol. The molecule has 0 aliphatic carbocycles. The first-order valence-corrected chi connectivity index (χ1v) is 10.4. The van der Waals surface area contributed by atoms with E-state index in [4.69, 9.17) is 18.9 Å². The smallest absolute Gasteiger partial charge is 0.231 e. The Morgan fingerprint density at radius 2 is 1.80 bits per heavy atom. The Hall–Kier alpha value is -3.34. The Balaban J connectivity index is 1.33. The van der Waals surface area contributed by atoms with Crippen molar-refractivity contribution in [3.63, 3.8) is 0 Å². The van der Waals surface area contributed by atoms with Gasteiger partial charge in [0.2, 0.25) is 6.79 Å². The Morgan fingerprint density at radius 3 is 2.63 bits per heavy atom. The van der Waals surface area contributed by atoms with Gasteiger partial charge >= 0.3 is 0 Å². The van der Waals surface area contributed by atoms with E-state index in [1.54, 1.807) is 7.11 Å². The molecule has 5 heteroatoms. The Labute approximate surface area is 175 Å². The van der Waals surface area contributed by atoms with Crippen LogP contribution in [0.25, 0.3) is 0 Å². The molecular weight excluding hydrogens is 378 g/mol. The van der Waals surface area contributed by atoms with Gasteiger partial charge in [-0.25, -0.2) is 0 Å². The molecule has 0 bridgehead atoms. The van der Waals surface area contributed by atoms with Crippen LogP contribution in [-0.2, 0) is 19.4 Å². The molecule has 0 aromatic heterocycles. The number of methoxy groups -OCH3 is 1. The van der Waals surface area contributed by atoms with Crippen LogP contribution in [0.3, 0.4) is 0 Å².